The van der Waals surface area contributed by atoms with Gasteiger partial charge in [-0.25, -0.2) is 34.3 Å². The second-order valence-electron chi connectivity index (χ2n) is 15.6. The van der Waals surface area contributed by atoms with E-state index in [0.717, 1.165) is 63.8 Å². The van der Waals surface area contributed by atoms with Crippen molar-refractivity contribution in [2.24, 2.45) is 11.7 Å². The number of anilines is 6. The van der Waals surface area contributed by atoms with Crippen molar-refractivity contribution >= 4 is 81.7 Å². The summed E-state index contributed by atoms with van der Waals surface area (Å²) in [4.78, 5) is 74.9. The normalized spacial score (nSPS) is 19.8. The first-order valence-corrected chi connectivity index (χ1v) is 20.7. The van der Waals surface area contributed by atoms with E-state index in [1.165, 1.54) is 17.7 Å². The number of nitrogens with one attached hydrogen (secondary N) is 2. The van der Waals surface area contributed by atoms with Crippen molar-refractivity contribution in [1.29, 1.82) is 0 Å². The van der Waals surface area contributed by atoms with E-state index in [4.69, 9.17) is 28.9 Å². The molecular weight excluding hydrogens is 797 g/mol. The number of carbonyl (C=O) groups is 4. The van der Waals surface area contributed by atoms with Crippen molar-refractivity contribution in [3.8, 4) is 0 Å². The standard InChI is InChI=1S/C21H22ClN5O2.C17H16ClN5O3.C3H7N/c22-15-11-16-20(25-19(15)17(28)10-13-6-7-13)27(14-4-3-9-26(16)12-14)21(29)24-18-5-1-2-8-23-18;18-11-8-12-15(21-14(11)16(24)25)23(10-4-3-7-22(12)9-10)17(26)20-13-5-1-2-6-19-13;4-3-1-2-3/h1-2,5,8,11,13-14H,3-4,6-7,9-10,12H2,(H,23,24,29);1-2,5-6,8,10H,3-4,7,9H2,(H,24,25)(H,19,20,26);3H,1-2,4H2/t14-;10-;/m00./s1. The van der Waals surface area contributed by atoms with E-state index in [-0.39, 0.29) is 46.3 Å². The second kappa shape index (κ2) is 17.3. The maximum atomic E-state index is 13.2. The number of carbonyl (C=O) groups excluding carboxylic acids is 3. The summed E-state index contributed by atoms with van der Waals surface area (Å²) < 4.78 is 0. The van der Waals surface area contributed by atoms with Crippen molar-refractivity contribution in [2.45, 2.75) is 75.9 Å². The summed E-state index contributed by atoms with van der Waals surface area (Å²) in [5.74, 6) is 0.905. The van der Waals surface area contributed by atoms with Gasteiger partial charge in [-0.3, -0.25) is 25.2 Å². The Balaban J connectivity index is 0.000000150. The van der Waals surface area contributed by atoms with Crippen LogP contribution in [0.2, 0.25) is 10.0 Å². The second-order valence-corrected chi connectivity index (χ2v) is 16.4. The summed E-state index contributed by atoms with van der Waals surface area (Å²) in [6.45, 7) is 3.11. The molecule has 16 nitrogen and oxygen atoms in total. The molecular formula is C41H45Cl2N11O5. The van der Waals surface area contributed by atoms with Gasteiger partial charge in [0.25, 0.3) is 0 Å². The van der Waals surface area contributed by atoms with Crippen LogP contribution in [0.4, 0.5) is 44.2 Å². The Morgan fingerprint density at radius 3 is 1.61 bits per heavy atom. The lowest BCUT2D eigenvalue weighted by Crippen LogP contribution is -2.56. The number of ketones is 1. The molecule has 4 amide bonds. The van der Waals surface area contributed by atoms with E-state index in [9.17, 15) is 24.3 Å². The van der Waals surface area contributed by atoms with Gasteiger partial charge in [0.15, 0.2) is 23.1 Å². The summed E-state index contributed by atoms with van der Waals surface area (Å²) in [6.07, 6.45) is 12.0. The minimum Gasteiger partial charge on any atom is -0.476 e. The number of nitrogens with two attached hydrogens (primary N) is 1. The number of aromatic nitrogens is 4. The number of carboxylic acid groups (broad SMARTS) is 1. The van der Waals surface area contributed by atoms with Crippen LogP contribution in [-0.2, 0) is 0 Å². The van der Waals surface area contributed by atoms with Crippen LogP contribution in [0.3, 0.4) is 0 Å². The Morgan fingerprint density at radius 2 is 1.19 bits per heavy atom. The number of halogens is 2. The van der Waals surface area contributed by atoms with E-state index in [1.54, 1.807) is 59.8 Å². The number of nitrogens with zero attached hydrogens (tertiary/aromatic N) is 8. The maximum absolute atomic E-state index is 13.2. The molecule has 4 aliphatic heterocycles. The minimum atomic E-state index is -1.23. The van der Waals surface area contributed by atoms with E-state index in [1.807, 2.05) is 6.07 Å². The highest BCUT2D eigenvalue weighted by atomic mass is 35.5. The van der Waals surface area contributed by atoms with E-state index in [2.05, 4.69) is 40.4 Å². The quantitative estimate of drug-likeness (QED) is 0.144. The van der Waals surface area contributed by atoms with Crippen molar-refractivity contribution < 1.29 is 24.3 Å². The molecule has 4 aromatic heterocycles. The predicted octanol–water partition coefficient (Wildman–Crippen LogP) is 7.09. The molecule has 59 heavy (non-hydrogen) atoms. The Kier molecular flexibility index (Phi) is 11.8. The highest BCUT2D eigenvalue weighted by Crippen LogP contribution is 2.43. The molecule has 6 aliphatic rings. The average Bonchev–Trinajstić information content (AvgIpc) is 4.19. The topological polar surface area (TPSA) is 203 Å². The molecule has 10 rings (SSSR count). The Bertz CT molecular complexity index is 2230. The monoisotopic (exact) mass is 841 g/mol. The van der Waals surface area contributed by atoms with Crippen LogP contribution in [0.5, 0.6) is 0 Å². The fourth-order valence-corrected chi connectivity index (χ4v) is 8.21. The first kappa shape index (κ1) is 40.2. The number of rotatable bonds is 6. The van der Waals surface area contributed by atoms with Crippen molar-refractivity contribution in [1.82, 2.24) is 19.9 Å². The number of hydrogen-bond acceptors (Lipinski definition) is 11. The smallest absolute Gasteiger partial charge is 0.356 e. The SMILES string of the molecule is NC1CC1.O=C(CC1CC1)c1nc2c(cc1Cl)N1CCC[C@@H](C1)N2C(=O)Nc1ccccn1.O=C(O)c1nc2c(cc1Cl)N1CCC[C@@H](C1)N2C(=O)Nc1ccccn1. The van der Waals surface area contributed by atoms with Crippen LogP contribution in [0.25, 0.3) is 0 Å². The molecule has 0 aromatic carbocycles. The van der Waals surface area contributed by atoms with Crippen molar-refractivity contribution in [2.75, 3.05) is 56.4 Å². The number of Topliss-reactive ketones (excluding diaryl/α,β-unsaturated/α-hetero) is 1. The molecule has 2 saturated heterocycles. The molecule has 8 heterocycles. The van der Waals surface area contributed by atoms with Gasteiger partial charge in [-0.2, -0.15) is 0 Å². The van der Waals surface area contributed by atoms with Crippen molar-refractivity contribution in [3.63, 3.8) is 0 Å². The molecule has 18 heteroatoms. The first-order valence-electron chi connectivity index (χ1n) is 20.0. The number of carboxylic acids is 1. The van der Waals surface area contributed by atoms with Gasteiger partial charge in [0.1, 0.15) is 17.3 Å². The summed E-state index contributed by atoms with van der Waals surface area (Å²) in [5.41, 5.74) is 6.72. The van der Waals surface area contributed by atoms with Crippen LogP contribution in [0, 0.1) is 5.92 Å². The molecule has 5 N–H and O–H groups in total. The number of pyridine rings is 4. The molecule has 308 valence electrons. The number of urea groups is 2. The molecule has 2 atom stereocenters. The van der Waals surface area contributed by atoms with Gasteiger partial charge < -0.3 is 20.6 Å². The third-order valence-corrected chi connectivity index (χ3v) is 11.6. The largest absolute Gasteiger partial charge is 0.476 e. The molecule has 0 spiro atoms. The fourth-order valence-electron chi connectivity index (χ4n) is 7.73. The number of fused-ring (bicyclic) bond motifs is 8. The number of amides is 4. The highest BCUT2D eigenvalue weighted by molar-refractivity contribution is 6.34. The lowest BCUT2D eigenvalue weighted by molar-refractivity contribution is 0.0690. The summed E-state index contributed by atoms with van der Waals surface area (Å²) in [7, 11) is 0. The van der Waals surface area contributed by atoms with E-state index >= 15 is 0 Å². The summed E-state index contributed by atoms with van der Waals surface area (Å²) in [6, 6.07) is 13.8. The third-order valence-electron chi connectivity index (χ3n) is 11.0. The molecule has 2 saturated carbocycles. The zero-order valence-corrected chi connectivity index (χ0v) is 33.8. The molecule has 4 bridgehead atoms. The van der Waals surface area contributed by atoms with Gasteiger partial charge in [-0.05, 0) is 93.7 Å². The van der Waals surface area contributed by atoms with Gasteiger partial charge in [0.05, 0.1) is 33.5 Å². The lowest BCUT2D eigenvalue weighted by Gasteiger charge is -2.45. The number of aromatic carboxylic acids is 1. The van der Waals surface area contributed by atoms with Gasteiger partial charge in [0, 0.05) is 51.0 Å². The van der Waals surface area contributed by atoms with Crippen LogP contribution in [0.15, 0.2) is 60.9 Å². The van der Waals surface area contributed by atoms with Gasteiger partial charge in [0.2, 0.25) is 0 Å². The van der Waals surface area contributed by atoms with Crippen molar-refractivity contribution in [3.05, 3.63) is 82.4 Å². The zero-order chi connectivity index (χ0) is 41.2. The molecule has 0 unspecified atom stereocenters. The predicted molar refractivity (Wildman–Crippen MR) is 226 cm³/mol. The Labute approximate surface area is 351 Å². The summed E-state index contributed by atoms with van der Waals surface area (Å²) in [5, 5.41) is 15.4. The minimum absolute atomic E-state index is 0.0000203. The third kappa shape index (κ3) is 9.19. The number of hydrogen-bond donors (Lipinski definition) is 4. The molecule has 4 aromatic rings. The van der Waals surface area contributed by atoms with E-state index in [0.29, 0.717) is 58.9 Å². The van der Waals surface area contributed by atoms with Crippen LogP contribution < -0.4 is 36.0 Å². The van der Waals surface area contributed by atoms with E-state index < -0.39 is 5.97 Å². The summed E-state index contributed by atoms with van der Waals surface area (Å²) >= 11 is 12.5. The van der Waals surface area contributed by atoms with Gasteiger partial charge in [-0.1, -0.05) is 35.3 Å². The van der Waals surface area contributed by atoms with Crippen LogP contribution in [0.1, 0.15) is 78.8 Å². The van der Waals surface area contributed by atoms with Crippen LogP contribution in [-0.4, -0.2) is 93.2 Å². The highest BCUT2D eigenvalue weighted by Gasteiger charge is 2.41. The van der Waals surface area contributed by atoms with Gasteiger partial charge in [-0.15, -0.1) is 0 Å². The molecule has 4 fully saturated rings. The average molecular weight is 843 g/mol. The number of piperidine rings is 2. The Morgan fingerprint density at radius 1 is 0.712 bits per heavy atom. The zero-order valence-electron chi connectivity index (χ0n) is 32.3. The fraction of sp³-hybridized carbons (Fsp3) is 0.415. The Hall–Kier alpha value is -5.58. The van der Waals surface area contributed by atoms with Gasteiger partial charge >= 0.3 is 18.0 Å². The first-order chi connectivity index (χ1) is 28.5. The molecule has 2 aliphatic carbocycles. The maximum Gasteiger partial charge on any atom is 0.356 e. The molecule has 0 radical (unpaired) electrons. The van der Waals surface area contributed by atoms with Crippen LogP contribution >= 0.6 is 23.2 Å². The lowest BCUT2D eigenvalue weighted by atomic mass is 9.99.